The highest BCUT2D eigenvalue weighted by Crippen LogP contribution is 2.21. The van der Waals surface area contributed by atoms with E-state index in [1.54, 1.807) is 7.11 Å². The van der Waals surface area contributed by atoms with E-state index in [9.17, 15) is 0 Å². The number of hydrogen-bond acceptors (Lipinski definition) is 6. The van der Waals surface area contributed by atoms with Crippen molar-refractivity contribution in [1.29, 1.82) is 0 Å². The molecule has 0 fully saturated rings. The Hall–Kier alpha value is -3.02. The fraction of sp³-hybridized carbons (Fsp3) is 0.263. The third kappa shape index (κ3) is 4.50. The standard InChI is InChI=1S/C19H21N3O3/c1-3-24-17-8-4-14(5-9-17)12-13-20-19-21-18(22-25-19)15-6-10-16(23-2)11-7-15/h4-11H,3,12-13H2,1-2H3,(H,20,21,22). The van der Waals surface area contributed by atoms with Crippen LogP contribution in [0.3, 0.4) is 0 Å². The maximum atomic E-state index is 5.44. The summed E-state index contributed by atoms with van der Waals surface area (Å²) in [5.74, 6) is 2.23. The molecule has 0 saturated carbocycles. The second kappa shape index (κ2) is 8.19. The van der Waals surface area contributed by atoms with E-state index >= 15 is 0 Å². The number of benzene rings is 2. The van der Waals surface area contributed by atoms with Crippen molar-refractivity contribution in [2.24, 2.45) is 0 Å². The topological polar surface area (TPSA) is 69.4 Å². The zero-order chi connectivity index (χ0) is 17.5. The van der Waals surface area contributed by atoms with Crippen molar-refractivity contribution in [3.63, 3.8) is 0 Å². The minimum atomic E-state index is 0.414. The molecule has 0 aliphatic rings. The van der Waals surface area contributed by atoms with Gasteiger partial charge in [0.2, 0.25) is 5.82 Å². The number of rotatable bonds is 8. The molecule has 6 heteroatoms. The summed E-state index contributed by atoms with van der Waals surface area (Å²) >= 11 is 0. The summed E-state index contributed by atoms with van der Waals surface area (Å²) in [7, 11) is 1.63. The lowest BCUT2D eigenvalue weighted by molar-refractivity contribution is 0.340. The average molecular weight is 339 g/mol. The minimum absolute atomic E-state index is 0.414. The Morgan fingerprint density at radius 1 is 1.00 bits per heavy atom. The molecule has 25 heavy (non-hydrogen) atoms. The van der Waals surface area contributed by atoms with Gasteiger partial charge in [0.15, 0.2) is 0 Å². The van der Waals surface area contributed by atoms with Gasteiger partial charge in [0, 0.05) is 12.1 Å². The van der Waals surface area contributed by atoms with Gasteiger partial charge in [0.25, 0.3) is 0 Å². The molecular weight excluding hydrogens is 318 g/mol. The van der Waals surface area contributed by atoms with Gasteiger partial charge >= 0.3 is 6.01 Å². The maximum Gasteiger partial charge on any atom is 0.321 e. The second-order valence-electron chi connectivity index (χ2n) is 5.41. The van der Waals surface area contributed by atoms with E-state index in [0.717, 1.165) is 23.5 Å². The normalized spacial score (nSPS) is 10.5. The van der Waals surface area contributed by atoms with Crippen LogP contribution < -0.4 is 14.8 Å². The van der Waals surface area contributed by atoms with Gasteiger partial charge in [-0.15, -0.1) is 0 Å². The van der Waals surface area contributed by atoms with E-state index < -0.39 is 0 Å². The molecule has 0 radical (unpaired) electrons. The first-order valence-corrected chi connectivity index (χ1v) is 8.22. The lowest BCUT2D eigenvalue weighted by atomic mass is 10.1. The van der Waals surface area contributed by atoms with E-state index in [-0.39, 0.29) is 0 Å². The molecule has 3 rings (SSSR count). The third-order valence-corrected chi connectivity index (χ3v) is 3.70. The van der Waals surface area contributed by atoms with Gasteiger partial charge in [-0.05, 0) is 55.3 Å². The van der Waals surface area contributed by atoms with E-state index in [1.165, 1.54) is 5.56 Å². The first-order valence-electron chi connectivity index (χ1n) is 8.22. The maximum absolute atomic E-state index is 5.44. The summed E-state index contributed by atoms with van der Waals surface area (Å²) in [5.41, 5.74) is 2.09. The molecule has 0 amide bonds. The monoisotopic (exact) mass is 339 g/mol. The van der Waals surface area contributed by atoms with Gasteiger partial charge in [-0.3, -0.25) is 0 Å². The van der Waals surface area contributed by atoms with E-state index in [2.05, 4.69) is 27.6 Å². The van der Waals surface area contributed by atoms with Crippen molar-refractivity contribution < 1.29 is 14.0 Å². The summed E-state index contributed by atoms with van der Waals surface area (Å²) in [6.45, 7) is 3.36. The summed E-state index contributed by atoms with van der Waals surface area (Å²) in [4.78, 5) is 4.36. The SMILES string of the molecule is CCOc1ccc(CCNc2nc(-c3ccc(OC)cc3)no2)cc1. The highest BCUT2D eigenvalue weighted by Gasteiger charge is 2.08. The van der Waals surface area contributed by atoms with Gasteiger partial charge in [0.1, 0.15) is 11.5 Å². The van der Waals surface area contributed by atoms with Crippen LogP contribution in [0.1, 0.15) is 12.5 Å². The Labute approximate surface area is 146 Å². The Morgan fingerprint density at radius 2 is 1.72 bits per heavy atom. The first-order chi connectivity index (χ1) is 12.3. The van der Waals surface area contributed by atoms with Gasteiger partial charge in [-0.2, -0.15) is 4.98 Å². The zero-order valence-corrected chi connectivity index (χ0v) is 14.4. The van der Waals surface area contributed by atoms with Gasteiger partial charge < -0.3 is 19.3 Å². The van der Waals surface area contributed by atoms with Crippen LogP contribution in [0.2, 0.25) is 0 Å². The highest BCUT2D eigenvalue weighted by atomic mass is 16.5. The number of ether oxygens (including phenoxy) is 2. The molecule has 0 unspecified atom stereocenters. The third-order valence-electron chi connectivity index (χ3n) is 3.70. The van der Waals surface area contributed by atoms with Crippen LogP contribution in [0.15, 0.2) is 53.1 Å². The molecule has 130 valence electrons. The first kappa shape index (κ1) is 16.8. The van der Waals surface area contributed by atoms with Crippen molar-refractivity contribution in [3.05, 3.63) is 54.1 Å². The quantitative estimate of drug-likeness (QED) is 0.673. The largest absolute Gasteiger partial charge is 0.497 e. The molecule has 0 atom stereocenters. The molecule has 1 N–H and O–H groups in total. The Balaban J connectivity index is 1.52. The van der Waals surface area contributed by atoms with Gasteiger partial charge in [-0.25, -0.2) is 0 Å². The van der Waals surface area contributed by atoms with E-state index in [4.69, 9.17) is 14.0 Å². The summed E-state index contributed by atoms with van der Waals surface area (Å²) in [5, 5.41) is 7.14. The number of nitrogens with one attached hydrogen (secondary N) is 1. The van der Waals surface area contributed by atoms with Crippen molar-refractivity contribution >= 4 is 6.01 Å². The highest BCUT2D eigenvalue weighted by molar-refractivity contribution is 5.56. The van der Waals surface area contributed by atoms with Crippen LogP contribution in [0, 0.1) is 0 Å². The molecule has 1 heterocycles. The van der Waals surface area contributed by atoms with Crippen molar-refractivity contribution in [2.45, 2.75) is 13.3 Å². The summed E-state index contributed by atoms with van der Waals surface area (Å²) in [6.07, 6.45) is 0.854. The predicted octanol–water partition coefficient (Wildman–Crippen LogP) is 3.80. The molecule has 1 aromatic heterocycles. The number of methoxy groups -OCH3 is 1. The fourth-order valence-electron chi connectivity index (χ4n) is 2.39. The minimum Gasteiger partial charge on any atom is -0.497 e. The number of anilines is 1. The van der Waals surface area contributed by atoms with Crippen molar-refractivity contribution in [3.8, 4) is 22.9 Å². The molecule has 0 saturated heterocycles. The fourth-order valence-corrected chi connectivity index (χ4v) is 2.39. The van der Waals surface area contributed by atoms with Crippen LogP contribution in [-0.4, -0.2) is 30.4 Å². The molecular formula is C19H21N3O3. The van der Waals surface area contributed by atoms with Crippen LogP contribution in [0.4, 0.5) is 6.01 Å². The Kier molecular flexibility index (Phi) is 5.51. The average Bonchev–Trinajstić information content (AvgIpc) is 3.12. The molecule has 6 nitrogen and oxygen atoms in total. The van der Waals surface area contributed by atoms with Gasteiger partial charge in [-0.1, -0.05) is 17.3 Å². The van der Waals surface area contributed by atoms with Crippen LogP contribution >= 0.6 is 0 Å². The number of hydrogen-bond donors (Lipinski definition) is 1. The summed E-state index contributed by atoms with van der Waals surface area (Å²) < 4.78 is 15.8. The summed E-state index contributed by atoms with van der Waals surface area (Å²) in [6, 6.07) is 16.0. The molecule has 0 aliphatic carbocycles. The van der Waals surface area contributed by atoms with E-state index in [1.807, 2.05) is 43.3 Å². The molecule has 0 bridgehead atoms. The lowest BCUT2D eigenvalue weighted by Crippen LogP contribution is -2.05. The van der Waals surface area contributed by atoms with Crippen LogP contribution in [-0.2, 0) is 6.42 Å². The molecule has 3 aromatic rings. The second-order valence-corrected chi connectivity index (χ2v) is 5.41. The van der Waals surface area contributed by atoms with Crippen molar-refractivity contribution in [2.75, 3.05) is 25.6 Å². The smallest absolute Gasteiger partial charge is 0.321 e. The Morgan fingerprint density at radius 3 is 2.40 bits per heavy atom. The zero-order valence-electron chi connectivity index (χ0n) is 14.4. The number of nitrogens with zero attached hydrogens (tertiary/aromatic N) is 2. The molecule has 0 aliphatic heterocycles. The van der Waals surface area contributed by atoms with E-state index in [0.29, 0.717) is 25.0 Å². The lowest BCUT2D eigenvalue weighted by Gasteiger charge is -2.05. The van der Waals surface area contributed by atoms with Gasteiger partial charge in [0.05, 0.1) is 13.7 Å². The number of aromatic nitrogens is 2. The van der Waals surface area contributed by atoms with Crippen molar-refractivity contribution in [1.82, 2.24) is 10.1 Å². The van der Waals surface area contributed by atoms with Crippen LogP contribution in [0.5, 0.6) is 11.5 Å². The Bertz CT molecular complexity index is 782. The molecule has 2 aromatic carbocycles. The molecule has 0 spiro atoms. The predicted molar refractivity (Wildman–Crippen MR) is 96.1 cm³/mol. The van der Waals surface area contributed by atoms with Crippen LogP contribution in [0.25, 0.3) is 11.4 Å².